The van der Waals surface area contributed by atoms with Gasteiger partial charge in [-0.25, -0.2) is 0 Å². The third-order valence-electron chi connectivity index (χ3n) is 6.33. The van der Waals surface area contributed by atoms with Crippen LogP contribution in [0.1, 0.15) is 22.3 Å². The van der Waals surface area contributed by atoms with E-state index in [2.05, 4.69) is 62.0 Å². The van der Waals surface area contributed by atoms with Crippen molar-refractivity contribution in [3.63, 3.8) is 0 Å². The van der Waals surface area contributed by atoms with Crippen molar-refractivity contribution in [1.29, 1.82) is 0 Å². The fourth-order valence-electron chi connectivity index (χ4n) is 4.76. The molecule has 0 aliphatic carbocycles. The number of ether oxygens (including phenoxy) is 4. The van der Waals surface area contributed by atoms with E-state index in [-0.39, 0.29) is 13.6 Å². The first kappa shape index (κ1) is 18.8. The van der Waals surface area contributed by atoms with E-state index in [9.17, 15) is 0 Å². The summed E-state index contributed by atoms with van der Waals surface area (Å²) in [5.41, 5.74) is 6.74. The van der Waals surface area contributed by atoms with Crippen molar-refractivity contribution in [3.05, 3.63) is 89.5 Å². The van der Waals surface area contributed by atoms with Gasteiger partial charge in [0.05, 0.1) is 0 Å². The Morgan fingerprint density at radius 1 is 0.781 bits per heavy atom. The van der Waals surface area contributed by atoms with E-state index in [1.54, 1.807) is 0 Å². The molecule has 2 aliphatic heterocycles. The van der Waals surface area contributed by atoms with E-state index in [1.165, 1.54) is 16.5 Å². The first-order chi connectivity index (χ1) is 15.7. The maximum atomic E-state index is 5.89. The highest BCUT2D eigenvalue weighted by Gasteiger charge is 2.24. The molecule has 4 aromatic carbocycles. The summed E-state index contributed by atoms with van der Waals surface area (Å²) in [6.07, 6.45) is 2.62. The molecule has 32 heavy (non-hydrogen) atoms. The Morgan fingerprint density at radius 3 is 2.34 bits per heavy atom. The van der Waals surface area contributed by atoms with Crippen LogP contribution in [0.3, 0.4) is 0 Å². The predicted molar refractivity (Wildman–Crippen MR) is 126 cm³/mol. The molecule has 0 saturated heterocycles. The van der Waals surface area contributed by atoms with E-state index in [4.69, 9.17) is 18.9 Å². The quantitative estimate of drug-likeness (QED) is 0.376. The van der Waals surface area contributed by atoms with Crippen LogP contribution in [0.5, 0.6) is 23.0 Å². The van der Waals surface area contributed by atoms with Crippen LogP contribution >= 0.6 is 0 Å². The van der Waals surface area contributed by atoms with Crippen molar-refractivity contribution in [1.82, 2.24) is 0 Å². The molecular formula is C28H22O4. The molecule has 0 bridgehead atoms. The van der Waals surface area contributed by atoms with Crippen molar-refractivity contribution in [2.45, 2.75) is 13.3 Å². The van der Waals surface area contributed by atoms with Gasteiger partial charge in [-0.2, -0.15) is 0 Å². The Hall–Kier alpha value is -3.92. The molecule has 0 aromatic heterocycles. The van der Waals surface area contributed by atoms with Crippen molar-refractivity contribution in [2.75, 3.05) is 13.6 Å². The first-order valence-electron chi connectivity index (χ1n) is 10.7. The first-order valence-corrected chi connectivity index (χ1v) is 10.7. The minimum atomic E-state index is 0.239. The van der Waals surface area contributed by atoms with Gasteiger partial charge in [-0.15, -0.1) is 0 Å². The number of hydrogen-bond donors (Lipinski definition) is 0. The van der Waals surface area contributed by atoms with Crippen LogP contribution in [-0.4, -0.2) is 13.6 Å². The zero-order chi connectivity index (χ0) is 21.7. The van der Waals surface area contributed by atoms with Crippen LogP contribution in [0, 0.1) is 6.92 Å². The average Bonchev–Trinajstić information content (AvgIpc) is 3.49. The van der Waals surface area contributed by atoms with Crippen LogP contribution in [-0.2, 0) is 6.42 Å². The second-order valence-corrected chi connectivity index (χ2v) is 8.05. The van der Waals surface area contributed by atoms with Crippen molar-refractivity contribution in [2.24, 2.45) is 0 Å². The highest BCUT2D eigenvalue weighted by Crippen LogP contribution is 2.46. The van der Waals surface area contributed by atoms with Crippen molar-refractivity contribution in [3.8, 4) is 34.1 Å². The molecule has 158 valence electrons. The van der Waals surface area contributed by atoms with Gasteiger partial charge in [0, 0.05) is 17.5 Å². The number of fused-ring (bicyclic) bond motifs is 3. The smallest absolute Gasteiger partial charge is 0.231 e. The monoisotopic (exact) mass is 422 g/mol. The Morgan fingerprint density at radius 2 is 1.53 bits per heavy atom. The molecule has 2 heterocycles. The highest BCUT2D eigenvalue weighted by atomic mass is 16.7. The SMILES string of the molecule is C=Cc1c(-c2ccc3c(Cc4ccccc4)c4c(cc3c2C)OCO4)ccc2c1OCO2. The summed E-state index contributed by atoms with van der Waals surface area (Å²) in [7, 11) is 0. The van der Waals surface area contributed by atoms with Crippen LogP contribution in [0.15, 0.2) is 67.2 Å². The zero-order valence-electron chi connectivity index (χ0n) is 17.8. The minimum absolute atomic E-state index is 0.239. The summed E-state index contributed by atoms with van der Waals surface area (Å²) in [6, 6.07) is 21.0. The van der Waals surface area contributed by atoms with Gasteiger partial charge in [-0.05, 0) is 58.1 Å². The molecule has 0 radical (unpaired) electrons. The van der Waals surface area contributed by atoms with E-state index in [1.807, 2.05) is 18.2 Å². The topological polar surface area (TPSA) is 36.9 Å². The van der Waals surface area contributed by atoms with Crippen molar-refractivity contribution >= 4 is 16.8 Å². The molecule has 2 aliphatic rings. The molecular weight excluding hydrogens is 400 g/mol. The molecule has 0 fully saturated rings. The maximum Gasteiger partial charge on any atom is 0.231 e. The number of benzene rings is 4. The summed E-state index contributed by atoms with van der Waals surface area (Å²) in [6.45, 7) is 6.67. The Kier molecular flexibility index (Phi) is 4.32. The average molecular weight is 422 g/mol. The predicted octanol–water partition coefficient (Wildman–Crippen LogP) is 6.51. The number of rotatable bonds is 4. The van der Waals surface area contributed by atoms with Crippen LogP contribution in [0.2, 0.25) is 0 Å². The summed E-state index contributed by atoms with van der Waals surface area (Å²) in [4.78, 5) is 0. The Labute approximate surface area is 186 Å². The molecule has 0 spiro atoms. The van der Waals surface area contributed by atoms with Gasteiger partial charge < -0.3 is 18.9 Å². The molecule has 4 heteroatoms. The third-order valence-corrected chi connectivity index (χ3v) is 6.33. The lowest BCUT2D eigenvalue weighted by atomic mass is 9.89. The number of hydrogen-bond acceptors (Lipinski definition) is 4. The fourth-order valence-corrected chi connectivity index (χ4v) is 4.76. The second kappa shape index (κ2) is 7.34. The largest absolute Gasteiger partial charge is 0.454 e. The van der Waals surface area contributed by atoms with Crippen molar-refractivity contribution < 1.29 is 18.9 Å². The molecule has 0 unspecified atom stereocenters. The van der Waals surface area contributed by atoms with E-state index in [0.717, 1.165) is 57.1 Å². The van der Waals surface area contributed by atoms with Gasteiger partial charge in [0.15, 0.2) is 23.0 Å². The lowest BCUT2D eigenvalue weighted by Crippen LogP contribution is -1.97. The second-order valence-electron chi connectivity index (χ2n) is 8.05. The summed E-state index contributed by atoms with van der Waals surface area (Å²) in [5.74, 6) is 3.17. The molecule has 4 aromatic rings. The van der Waals surface area contributed by atoms with Gasteiger partial charge in [0.25, 0.3) is 0 Å². The molecule has 0 N–H and O–H groups in total. The van der Waals surface area contributed by atoms with Gasteiger partial charge in [0.2, 0.25) is 13.6 Å². The van der Waals surface area contributed by atoms with Gasteiger partial charge >= 0.3 is 0 Å². The number of aryl methyl sites for hydroxylation is 1. The zero-order valence-corrected chi connectivity index (χ0v) is 17.8. The van der Waals surface area contributed by atoms with E-state index in [0.29, 0.717) is 0 Å². The van der Waals surface area contributed by atoms with Crippen LogP contribution < -0.4 is 18.9 Å². The van der Waals surface area contributed by atoms with Gasteiger partial charge in [0.1, 0.15) is 0 Å². The normalized spacial score (nSPS) is 13.5. The Bertz CT molecular complexity index is 1370. The molecule has 0 atom stereocenters. The summed E-state index contributed by atoms with van der Waals surface area (Å²) < 4.78 is 23.0. The van der Waals surface area contributed by atoms with E-state index < -0.39 is 0 Å². The Balaban J connectivity index is 1.56. The summed E-state index contributed by atoms with van der Waals surface area (Å²) >= 11 is 0. The van der Waals surface area contributed by atoms with Crippen LogP contribution in [0.25, 0.3) is 28.0 Å². The lowest BCUT2D eigenvalue weighted by Gasteiger charge is -2.17. The van der Waals surface area contributed by atoms with Gasteiger partial charge in [-0.1, -0.05) is 55.1 Å². The maximum absolute atomic E-state index is 5.89. The standard InChI is InChI=1S/C28H22O4/c1-3-19-21(11-12-25-27(19)31-15-29-25)20-9-10-22-23(17(20)2)14-26-28(32-16-30-26)24(22)13-18-7-5-4-6-8-18/h3-12,14H,1,13,15-16H2,2H3. The van der Waals surface area contributed by atoms with E-state index >= 15 is 0 Å². The lowest BCUT2D eigenvalue weighted by molar-refractivity contribution is 0.173. The van der Waals surface area contributed by atoms with Gasteiger partial charge in [-0.3, -0.25) is 0 Å². The molecule has 4 nitrogen and oxygen atoms in total. The molecule has 0 saturated carbocycles. The molecule has 6 rings (SSSR count). The highest BCUT2D eigenvalue weighted by molar-refractivity contribution is 5.98. The van der Waals surface area contributed by atoms with Crippen LogP contribution in [0.4, 0.5) is 0 Å². The fraction of sp³-hybridized carbons (Fsp3) is 0.143. The minimum Gasteiger partial charge on any atom is -0.454 e. The summed E-state index contributed by atoms with van der Waals surface area (Å²) in [5, 5.41) is 2.34. The molecule has 0 amide bonds. The third kappa shape index (κ3) is 2.83.